The summed E-state index contributed by atoms with van der Waals surface area (Å²) in [7, 11) is 0. The van der Waals surface area contributed by atoms with E-state index in [1.165, 1.54) is 5.56 Å². The van der Waals surface area contributed by atoms with Crippen molar-refractivity contribution < 1.29 is 19.1 Å². The molecule has 0 radical (unpaired) electrons. The van der Waals surface area contributed by atoms with Gasteiger partial charge in [-0.2, -0.15) is 0 Å². The van der Waals surface area contributed by atoms with Crippen molar-refractivity contribution in [2.75, 3.05) is 13.2 Å². The highest BCUT2D eigenvalue weighted by atomic mass is 127. The molecule has 194 valence electrons. The molecule has 1 aliphatic heterocycles. The van der Waals surface area contributed by atoms with E-state index in [1.54, 1.807) is 0 Å². The number of benzene rings is 2. The Kier molecular flexibility index (Phi) is 8.03. The summed E-state index contributed by atoms with van der Waals surface area (Å²) in [5, 5.41) is 0. The number of Topliss-reactive ketones (excluding diaryl/α,β-unsaturated/α-hetero) is 2. The van der Waals surface area contributed by atoms with Gasteiger partial charge in [-0.15, -0.1) is 0 Å². The number of hydrogen-bond acceptors (Lipinski definition) is 5. The Hall–Kier alpha value is -2.61. The minimum absolute atomic E-state index is 0.161. The zero-order chi connectivity index (χ0) is 25.9. The first-order chi connectivity index (χ1) is 18.0. The lowest BCUT2D eigenvalue weighted by molar-refractivity contribution is -0.117. The number of carbonyl (C=O) groups excluding carboxylic acids is 2. The number of allylic oxidation sites excluding steroid dienone is 4. The van der Waals surface area contributed by atoms with Crippen LogP contribution >= 0.6 is 22.6 Å². The molecule has 0 atom stereocenters. The summed E-state index contributed by atoms with van der Waals surface area (Å²) in [5.74, 6) is 1.39. The Morgan fingerprint density at radius 2 is 1.54 bits per heavy atom. The molecular formula is C31H34INO4. The molecule has 5 nitrogen and oxygen atoms in total. The lowest BCUT2D eigenvalue weighted by Gasteiger charge is -2.44. The van der Waals surface area contributed by atoms with Gasteiger partial charge in [-0.25, -0.2) is 0 Å². The van der Waals surface area contributed by atoms with E-state index in [9.17, 15) is 9.59 Å². The van der Waals surface area contributed by atoms with E-state index in [-0.39, 0.29) is 17.5 Å². The van der Waals surface area contributed by atoms with Gasteiger partial charge in [0.2, 0.25) is 0 Å². The summed E-state index contributed by atoms with van der Waals surface area (Å²) in [6.45, 7) is 5.83. The van der Waals surface area contributed by atoms with Crippen molar-refractivity contribution in [1.29, 1.82) is 0 Å². The van der Waals surface area contributed by atoms with Gasteiger partial charge >= 0.3 is 0 Å². The number of rotatable bonds is 8. The molecule has 0 bridgehead atoms. The zero-order valence-electron chi connectivity index (χ0n) is 21.6. The fraction of sp³-hybridized carbons (Fsp3) is 0.419. The monoisotopic (exact) mass is 611 g/mol. The lowest BCUT2D eigenvalue weighted by atomic mass is 9.71. The molecule has 0 unspecified atom stereocenters. The molecular weight excluding hydrogens is 577 g/mol. The maximum absolute atomic E-state index is 13.6. The van der Waals surface area contributed by atoms with Crippen molar-refractivity contribution in [3.63, 3.8) is 0 Å². The fourth-order valence-corrected chi connectivity index (χ4v) is 6.65. The van der Waals surface area contributed by atoms with Crippen LogP contribution in [0, 0.1) is 3.57 Å². The molecule has 0 spiro atoms. The maximum atomic E-state index is 13.6. The van der Waals surface area contributed by atoms with Gasteiger partial charge in [0.1, 0.15) is 0 Å². The first-order valence-electron chi connectivity index (χ1n) is 13.5. The Balaban J connectivity index is 1.69. The molecule has 0 fully saturated rings. The Morgan fingerprint density at radius 1 is 0.892 bits per heavy atom. The normalized spacial score (nSPS) is 18.2. The van der Waals surface area contributed by atoms with Gasteiger partial charge in [-0.1, -0.05) is 37.3 Å². The van der Waals surface area contributed by atoms with E-state index < -0.39 is 0 Å². The molecule has 0 N–H and O–H groups in total. The van der Waals surface area contributed by atoms with Crippen LogP contribution in [-0.4, -0.2) is 29.7 Å². The molecule has 6 heteroatoms. The molecule has 2 aliphatic carbocycles. The van der Waals surface area contributed by atoms with Crippen LogP contribution in [0.3, 0.4) is 0 Å². The molecule has 2 aromatic rings. The van der Waals surface area contributed by atoms with Crippen LogP contribution in [0.1, 0.15) is 75.8 Å². The van der Waals surface area contributed by atoms with Gasteiger partial charge < -0.3 is 14.4 Å². The van der Waals surface area contributed by atoms with E-state index >= 15 is 0 Å². The molecule has 0 aromatic heterocycles. The Bertz CT molecular complexity index is 1220. The summed E-state index contributed by atoms with van der Waals surface area (Å²) in [6, 6.07) is 14.4. The van der Waals surface area contributed by atoms with Gasteiger partial charge in [0, 0.05) is 47.8 Å². The number of carbonyl (C=O) groups is 2. The zero-order valence-corrected chi connectivity index (χ0v) is 23.8. The SMILES string of the molecule is CCCOc1c(I)cc(C2C3=C(CCCC3=O)N(Cc3ccccc3)C3=C2C(=O)CCC3)cc1OCC. The average molecular weight is 612 g/mol. The minimum Gasteiger partial charge on any atom is -0.490 e. The summed E-state index contributed by atoms with van der Waals surface area (Å²) in [5.41, 5.74) is 5.92. The molecule has 1 heterocycles. The molecule has 0 saturated heterocycles. The third-order valence-electron chi connectivity index (χ3n) is 7.39. The Labute approximate surface area is 233 Å². The predicted octanol–water partition coefficient (Wildman–Crippen LogP) is 7.09. The second kappa shape index (κ2) is 11.4. The molecule has 5 rings (SSSR count). The standard InChI is InChI=1S/C31H34INO4/c1-3-16-37-31-22(32)17-21(18-27(31)36-4-2)28-29-23(12-8-14-25(29)34)33(19-20-10-6-5-7-11-20)24-13-9-15-26(35)30(24)28/h5-7,10-11,17-18,28H,3-4,8-9,12-16,19H2,1-2H3. The van der Waals surface area contributed by atoms with Crippen molar-refractivity contribution in [1.82, 2.24) is 4.90 Å². The predicted molar refractivity (Wildman–Crippen MR) is 153 cm³/mol. The van der Waals surface area contributed by atoms with E-state index in [0.29, 0.717) is 38.3 Å². The van der Waals surface area contributed by atoms with E-state index in [2.05, 4.69) is 52.6 Å². The summed E-state index contributed by atoms with van der Waals surface area (Å²) < 4.78 is 13.0. The van der Waals surface area contributed by atoms with Crippen LogP contribution in [-0.2, 0) is 16.1 Å². The molecule has 0 saturated carbocycles. The molecule has 3 aliphatic rings. The van der Waals surface area contributed by atoms with Gasteiger partial charge in [0.25, 0.3) is 0 Å². The molecule has 2 aromatic carbocycles. The van der Waals surface area contributed by atoms with E-state index in [1.807, 2.05) is 31.2 Å². The van der Waals surface area contributed by atoms with Gasteiger partial charge in [-0.3, -0.25) is 9.59 Å². The van der Waals surface area contributed by atoms with Crippen molar-refractivity contribution in [2.24, 2.45) is 0 Å². The number of nitrogens with zero attached hydrogens (tertiary/aromatic N) is 1. The average Bonchev–Trinajstić information content (AvgIpc) is 2.89. The maximum Gasteiger partial charge on any atom is 0.174 e. The van der Waals surface area contributed by atoms with Crippen LogP contribution in [0.25, 0.3) is 0 Å². The van der Waals surface area contributed by atoms with E-state index in [4.69, 9.17) is 9.47 Å². The highest BCUT2D eigenvalue weighted by Crippen LogP contribution is 2.51. The molecule has 37 heavy (non-hydrogen) atoms. The number of halogens is 1. The summed E-state index contributed by atoms with van der Waals surface area (Å²) in [6.07, 6.45) is 5.34. The van der Waals surface area contributed by atoms with Crippen LogP contribution in [0.5, 0.6) is 11.5 Å². The van der Waals surface area contributed by atoms with Crippen molar-refractivity contribution in [2.45, 2.75) is 71.3 Å². The number of ketones is 2. The van der Waals surface area contributed by atoms with Crippen LogP contribution < -0.4 is 9.47 Å². The largest absolute Gasteiger partial charge is 0.490 e. The summed E-state index contributed by atoms with van der Waals surface area (Å²) in [4.78, 5) is 29.5. The topological polar surface area (TPSA) is 55.8 Å². The summed E-state index contributed by atoms with van der Waals surface area (Å²) >= 11 is 2.29. The highest BCUT2D eigenvalue weighted by Gasteiger charge is 2.43. The van der Waals surface area contributed by atoms with Gasteiger partial charge in [0.15, 0.2) is 23.1 Å². The third kappa shape index (κ3) is 5.09. The first kappa shape index (κ1) is 26.0. The van der Waals surface area contributed by atoms with Gasteiger partial charge in [0.05, 0.1) is 16.8 Å². The van der Waals surface area contributed by atoms with E-state index in [0.717, 1.165) is 69.5 Å². The first-order valence-corrected chi connectivity index (χ1v) is 14.5. The second-order valence-corrected chi connectivity index (χ2v) is 11.1. The number of hydrogen-bond donors (Lipinski definition) is 0. The van der Waals surface area contributed by atoms with Crippen LogP contribution in [0.4, 0.5) is 0 Å². The van der Waals surface area contributed by atoms with Crippen molar-refractivity contribution in [3.05, 3.63) is 79.7 Å². The fourth-order valence-electron chi connectivity index (χ4n) is 5.87. The smallest absolute Gasteiger partial charge is 0.174 e. The van der Waals surface area contributed by atoms with Crippen LogP contribution in [0.15, 0.2) is 65.0 Å². The number of ether oxygens (including phenoxy) is 2. The van der Waals surface area contributed by atoms with Crippen LogP contribution in [0.2, 0.25) is 0 Å². The quantitative estimate of drug-likeness (QED) is 0.299. The second-order valence-electron chi connectivity index (χ2n) is 9.89. The minimum atomic E-state index is -0.356. The van der Waals surface area contributed by atoms with Gasteiger partial charge in [-0.05, 0) is 84.9 Å². The Morgan fingerprint density at radius 3 is 2.14 bits per heavy atom. The molecule has 0 amide bonds. The lowest BCUT2D eigenvalue weighted by Crippen LogP contribution is -2.38. The van der Waals surface area contributed by atoms with Crippen molar-refractivity contribution >= 4 is 34.2 Å². The third-order valence-corrected chi connectivity index (χ3v) is 8.19. The van der Waals surface area contributed by atoms with Crippen molar-refractivity contribution in [3.8, 4) is 11.5 Å². The highest BCUT2D eigenvalue weighted by molar-refractivity contribution is 14.1.